The first kappa shape index (κ1) is 15.8. The van der Waals surface area contributed by atoms with Crippen molar-refractivity contribution in [1.29, 1.82) is 0 Å². The normalized spacial score (nSPS) is 18.6. The van der Waals surface area contributed by atoms with E-state index in [1.165, 1.54) is 0 Å². The van der Waals surface area contributed by atoms with Gasteiger partial charge in [0.05, 0.1) is 0 Å². The Hall–Kier alpha value is -1.27. The fourth-order valence-corrected chi connectivity index (χ4v) is 1.99. The molecule has 1 aromatic carbocycles. The molecule has 1 aliphatic rings. The van der Waals surface area contributed by atoms with E-state index in [0.717, 1.165) is 19.4 Å². The van der Waals surface area contributed by atoms with Crippen molar-refractivity contribution in [1.82, 2.24) is 10.6 Å². The minimum absolute atomic E-state index is 0. The molecule has 0 unspecified atom stereocenters. The summed E-state index contributed by atoms with van der Waals surface area (Å²) in [5, 5.41) is 5.60. The van der Waals surface area contributed by atoms with Crippen LogP contribution in [-0.4, -0.2) is 25.0 Å². The number of rotatable bonds is 2. The molecule has 0 aliphatic carbocycles. The lowest BCUT2D eigenvalue weighted by atomic mass is 10.1. The van der Waals surface area contributed by atoms with Crippen molar-refractivity contribution < 1.29 is 18.0 Å². The Bertz CT molecular complexity index is 441. The molecule has 0 spiro atoms. The van der Waals surface area contributed by atoms with Crippen LogP contribution in [0.25, 0.3) is 0 Å². The summed E-state index contributed by atoms with van der Waals surface area (Å²) in [5.41, 5.74) is -0.734. The molecule has 19 heavy (non-hydrogen) atoms. The molecule has 1 atom stereocenters. The Balaban J connectivity index is 0.00000180. The standard InChI is InChI=1S/C12H13F3N2O.ClH/c13-7-4-9(14)11(10(15)5-7)12(18)17-8-2-1-3-16-6-8;/h4-5,8,16H,1-3,6H2,(H,17,18);1H/t8-;/m0./s1. The van der Waals surface area contributed by atoms with E-state index in [9.17, 15) is 18.0 Å². The molecule has 2 rings (SSSR count). The molecule has 106 valence electrons. The van der Waals surface area contributed by atoms with Crippen molar-refractivity contribution in [2.75, 3.05) is 13.1 Å². The van der Waals surface area contributed by atoms with Crippen LogP contribution in [0.2, 0.25) is 0 Å². The minimum Gasteiger partial charge on any atom is -0.348 e. The average molecular weight is 295 g/mol. The van der Waals surface area contributed by atoms with Crippen LogP contribution in [-0.2, 0) is 0 Å². The number of benzene rings is 1. The Morgan fingerprint density at radius 1 is 1.26 bits per heavy atom. The summed E-state index contributed by atoms with van der Waals surface area (Å²) in [5.74, 6) is -4.26. The van der Waals surface area contributed by atoms with Crippen LogP contribution in [0.4, 0.5) is 13.2 Å². The van der Waals surface area contributed by atoms with Crippen molar-refractivity contribution in [3.8, 4) is 0 Å². The molecule has 1 saturated heterocycles. The Morgan fingerprint density at radius 3 is 2.42 bits per heavy atom. The lowest BCUT2D eigenvalue weighted by molar-refractivity contribution is 0.0922. The van der Waals surface area contributed by atoms with Crippen molar-refractivity contribution in [3.63, 3.8) is 0 Å². The van der Waals surface area contributed by atoms with Gasteiger partial charge < -0.3 is 10.6 Å². The Morgan fingerprint density at radius 2 is 1.89 bits per heavy atom. The maximum Gasteiger partial charge on any atom is 0.257 e. The third-order valence-electron chi connectivity index (χ3n) is 2.87. The van der Waals surface area contributed by atoms with Crippen LogP contribution in [0.1, 0.15) is 23.2 Å². The molecule has 0 radical (unpaired) electrons. The molecule has 0 aromatic heterocycles. The van der Waals surface area contributed by atoms with Crippen LogP contribution >= 0.6 is 12.4 Å². The van der Waals surface area contributed by atoms with Gasteiger partial charge in [0.25, 0.3) is 5.91 Å². The molecule has 2 N–H and O–H groups in total. The van der Waals surface area contributed by atoms with Crippen LogP contribution in [0, 0.1) is 17.5 Å². The third-order valence-corrected chi connectivity index (χ3v) is 2.87. The van der Waals surface area contributed by atoms with Gasteiger partial charge in [0, 0.05) is 24.7 Å². The molecule has 3 nitrogen and oxygen atoms in total. The number of halogens is 4. The van der Waals surface area contributed by atoms with E-state index in [-0.39, 0.29) is 18.4 Å². The first-order valence-corrected chi connectivity index (χ1v) is 5.74. The van der Waals surface area contributed by atoms with Gasteiger partial charge in [-0.15, -0.1) is 12.4 Å². The highest BCUT2D eigenvalue weighted by atomic mass is 35.5. The first-order valence-electron chi connectivity index (χ1n) is 5.74. The van der Waals surface area contributed by atoms with Crippen molar-refractivity contribution in [2.45, 2.75) is 18.9 Å². The van der Waals surface area contributed by atoms with Crippen molar-refractivity contribution in [3.05, 3.63) is 35.1 Å². The van der Waals surface area contributed by atoms with E-state index < -0.39 is 28.9 Å². The molecule has 1 fully saturated rings. The second-order valence-corrected chi connectivity index (χ2v) is 4.26. The lowest BCUT2D eigenvalue weighted by Crippen LogP contribution is -2.46. The predicted octanol–water partition coefficient (Wildman–Crippen LogP) is 2.01. The largest absolute Gasteiger partial charge is 0.348 e. The van der Waals surface area contributed by atoms with Gasteiger partial charge >= 0.3 is 0 Å². The van der Waals surface area contributed by atoms with Crippen molar-refractivity contribution in [2.24, 2.45) is 0 Å². The van der Waals surface area contributed by atoms with Crippen molar-refractivity contribution >= 4 is 18.3 Å². The molecule has 1 heterocycles. The van der Waals surface area contributed by atoms with E-state index >= 15 is 0 Å². The van der Waals surface area contributed by atoms with Gasteiger partial charge in [-0.1, -0.05) is 0 Å². The summed E-state index contributed by atoms with van der Waals surface area (Å²) in [6, 6.07) is 0.837. The molecule has 7 heteroatoms. The van der Waals surface area contributed by atoms with E-state index in [1.807, 2.05) is 0 Å². The van der Waals surface area contributed by atoms with E-state index in [4.69, 9.17) is 0 Å². The highest BCUT2D eigenvalue weighted by molar-refractivity contribution is 5.95. The maximum atomic E-state index is 13.4. The third kappa shape index (κ3) is 3.84. The Kier molecular flexibility index (Phi) is 5.62. The summed E-state index contributed by atoms with van der Waals surface area (Å²) in [4.78, 5) is 11.7. The topological polar surface area (TPSA) is 41.1 Å². The zero-order chi connectivity index (χ0) is 13.1. The number of amides is 1. The van der Waals surface area contributed by atoms with Gasteiger partial charge in [0.15, 0.2) is 0 Å². The number of carbonyl (C=O) groups is 1. The number of hydrogen-bond acceptors (Lipinski definition) is 2. The summed E-state index contributed by atoms with van der Waals surface area (Å²) < 4.78 is 39.4. The highest BCUT2D eigenvalue weighted by Crippen LogP contribution is 2.15. The molecular formula is C12H14ClF3N2O. The summed E-state index contributed by atoms with van der Waals surface area (Å²) >= 11 is 0. The first-order chi connectivity index (χ1) is 8.58. The molecular weight excluding hydrogens is 281 g/mol. The fourth-order valence-electron chi connectivity index (χ4n) is 1.99. The van der Waals surface area contributed by atoms with Gasteiger partial charge in [-0.3, -0.25) is 4.79 Å². The van der Waals surface area contributed by atoms with Crippen LogP contribution < -0.4 is 10.6 Å². The second-order valence-electron chi connectivity index (χ2n) is 4.26. The summed E-state index contributed by atoms with van der Waals surface area (Å²) in [6.45, 7) is 1.43. The molecule has 0 saturated carbocycles. The lowest BCUT2D eigenvalue weighted by Gasteiger charge is -2.23. The number of piperidine rings is 1. The fraction of sp³-hybridized carbons (Fsp3) is 0.417. The predicted molar refractivity (Wildman–Crippen MR) is 66.9 cm³/mol. The van der Waals surface area contributed by atoms with Crippen LogP contribution in [0.15, 0.2) is 12.1 Å². The molecule has 0 bridgehead atoms. The number of hydrogen-bond donors (Lipinski definition) is 2. The van der Waals surface area contributed by atoms with Gasteiger partial charge in [-0.2, -0.15) is 0 Å². The van der Waals surface area contributed by atoms with Crippen LogP contribution in [0.5, 0.6) is 0 Å². The summed E-state index contributed by atoms with van der Waals surface area (Å²) in [6.07, 6.45) is 1.64. The zero-order valence-electron chi connectivity index (χ0n) is 10.0. The van der Waals surface area contributed by atoms with Gasteiger partial charge in [-0.25, -0.2) is 13.2 Å². The summed E-state index contributed by atoms with van der Waals surface area (Å²) in [7, 11) is 0. The van der Waals surface area contributed by atoms with E-state index in [0.29, 0.717) is 18.7 Å². The minimum atomic E-state index is -1.19. The van der Waals surface area contributed by atoms with Crippen LogP contribution in [0.3, 0.4) is 0 Å². The molecule has 1 amide bonds. The van der Waals surface area contributed by atoms with E-state index in [1.54, 1.807) is 0 Å². The maximum absolute atomic E-state index is 13.4. The molecule has 1 aliphatic heterocycles. The highest BCUT2D eigenvalue weighted by Gasteiger charge is 2.22. The van der Waals surface area contributed by atoms with Gasteiger partial charge in [0.2, 0.25) is 0 Å². The Labute approximate surface area is 115 Å². The average Bonchev–Trinajstić information content (AvgIpc) is 2.28. The van der Waals surface area contributed by atoms with Gasteiger partial charge in [0.1, 0.15) is 23.0 Å². The molecule has 1 aromatic rings. The van der Waals surface area contributed by atoms with Gasteiger partial charge in [-0.05, 0) is 19.4 Å². The SMILES string of the molecule is Cl.O=C(N[C@H]1CCCNC1)c1c(F)cc(F)cc1F. The second kappa shape index (κ2) is 6.77. The van der Waals surface area contributed by atoms with E-state index in [2.05, 4.69) is 10.6 Å². The monoisotopic (exact) mass is 294 g/mol. The number of carbonyl (C=O) groups excluding carboxylic acids is 1. The smallest absolute Gasteiger partial charge is 0.257 e. The number of nitrogens with one attached hydrogen (secondary N) is 2. The zero-order valence-corrected chi connectivity index (χ0v) is 10.8. The quantitative estimate of drug-likeness (QED) is 0.876.